The largest absolute Gasteiger partial charge is 0.447 e. The summed E-state index contributed by atoms with van der Waals surface area (Å²) < 4.78 is 5.25. The van der Waals surface area contributed by atoms with Crippen LogP contribution in [0.2, 0.25) is 0 Å². The van der Waals surface area contributed by atoms with Gasteiger partial charge in [-0.2, -0.15) is 0 Å². The molecule has 5 nitrogen and oxygen atoms in total. The maximum absolute atomic E-state index is 11.8. The van der Waals surface area contributed by atoms with E-state index < -0.39 is 0 Å². The second-order valence-corrected chi connectivity index (χ2v) is 4.52. The molecule has 1 aromatic carbocycles. The van der Waals surface area contributed by atoms with Gasteiger partial charge in [-0.3, -0.25) is 4.90 Å². The highest BCUT2D eigenvalue weighted by Crippen LogP contribution is 2.12. The number of carbonyl (C=O) groups excluding carboxylic acids is 1. The van der Waals surface area contributed by atoms with Crippen molar-refractivity contribution in [2.24, 2.45) is 0 Å². The van der Waals surface area contributed by atoms with Crippen molar-refractivity contribution in [3.05, 3.63) is 42.7 Å². The lowest BCUT2D eigenvalue weighted by atomic mass is 10.3. The van der Waals surface area contributed by atoms with Crippen LogP contribution in [0.3, 0.4) is 0 Å². The molecule has 0 aromatic heterocycles. The van der Waals surface area contributed by atoms with E-state index in [2.05, 4.69) is 9.80 Å². The molecule has 0 radical (unpaired) electrons. The first-order chi connectivity index (χ1) is 9.16. The Labute approximate surface area is 113 Å². The van der Waals surface area contributed by atoms with Crippen LogP contribution >= 0.6 is 0 Å². The van der Waals surface area contributed by atoms with Crippen LogP contribution in [0.5, 0.6) is 0 Å². The van der Waals surface area contributed by atoms with E-state index in [4.69, 9.17) is 4.74 Å². The topological polar surface area (TPSA) is 36.0 Å². The van der Waals surface area contributed by atoms with Crippen molar-refractivity contribution in [2.45, 2.75) is 0 Å². The second-order valence-electron chi connectivity index (χ2n) is 4.52. The van der Waals surface area contributed by atoms with Gasteiger partial charge in [-0.05, 0) is 12.1 Å². The van der Waals surface area contributed by atoms with Crippen LogP contribution in [0.15, 0.2) is 42.7 Å². The zero-order valence-corrected chi connectivity index (χ0v) is 11.3. The minimum absolute atomic E-state index is 0.331. The first-order valence-corrected chi connectivity index (χ1v) is 6.25. The Balaban J connectivity index is 1.74. The molecule has 0 fully saturated rings. The van der Waals surface area contributed by atoms with Crippen molar-refractivity contribution < 1.29 is 9.53 Å². The molecule has 102 valence electrons. The van der Waals surface area contributed by atoms with Gasteiger partial charge in [0.1, 0.15) is 6.61 Å². The van der Waals surface area contributed by atoms with E-state index in [0.717, 1.165) is 12.4 Å². The summed E-state index contributed by atoms with van der Waals surface area (Å²) in [6.45, 7) is 1.93. The normalized spacial score (nSPS) is 13.8. The summed E-state index contributed by atoms with van der Waals surface area (Å²) in [6, 6.07) is 9.45. The highest BCUT2D eigenvalue weighted by Gasteiger charge is 2.13. The highest BCUT2D eigenvalue weighted by atomic mass is 16.6. The molecule has 1 aliphatic rings. The molecule has 0 N–H and O–H groups in total. The van der Waals surface area contributed by atoms with Crippen molar-refractivity contribution in [3.63, 3.8) is 0 Å². The highest BCUT2D eigenvalue weighted by molar-refractivity contribution is 5.86. The maximum atomic E-state index is 11.8. The summed E-state index contributed by atoms with van der Waals surface area (Å²) in [6.07, 6.45) is 3.66. The van der Waals surface area contributed by atoms with Crippen molar-refractivity contribution in [1.82, 2.24) is 9.80 Å². The lowest BCUT2D eigenvalue weighted by Gasteiger charge is -2.20. The molecule has 1 amide bonds. The summed E-state index contributed by atoms with van der Waals surface area (Å²) in [7, 11) is 3.72. The first-order valence-electron chi connectivity index (χ1n) is 6.25. The number of hydrogen-bond acceptors (Lipinski definition) is 4. The van der Waals surface area contributed by atoms with Crippen molar-refractivity contribution >= 4 is 11.8 Å². The molecule has 1 aromatic rings. The third-order valence-electron chi connectivity index (χ3n) is 2.96. The quantitative estimate of drug-likeness (QED) is 0.830. The Morgan fingerprint density at radius 1 is 1.32 bits per heavy atom. The number of benzene rings is 1. The third-order valence-corrected chi connectivity index (χ3v) is 2.96. The van der Waals surface area contributed by atoms with Gasteiger partial charge in [-0.15, -0.1) is 0 Å². The smallest absolute Gasteiger partial charge is 0.414 e. The number of carbonyl (C=O) groups is 1. The number of para-hydroxylation sites is 1. The van der Waals surface area contributed by atoms with E-state index >= 15 is 0 Å². The van der Waals surface area contributed by atoms with Crippen LogP contribution in [0.4, 0.5) is 10.5 Å². The molecule has 19 heavy (non-hydrogen) atoms. The molecule has 0 saturated carbocycles. The SMILES string of the molecule is CN1C=CN(CCOC(=O)N(C)c2ccccc2)C1. The predicted octanol–water partition coefficient (Wildman–Crippen LogP) is 1.94. The zero-order chi connectivity index (χ0) is 13.7. The van der Waals surface area contributed by atoms with E-state index in [1.54, 1.807) is 7.05 Å². The molecule has 2 rings (SSSR count). The zero-order valence-electron chi connectivity index (χ0n) is 11.3. The summed E-state index contributed by atoms with van der Waals surface area (Å²) >= 11 is 0. The summed E-state index contributed by atoms with van der Waals surface area (Å²) in [5.41, 5.74) is 0.827. The van der Waals surface area contributed by atoms with Crippen LogP contribution < -0.4 is 4.90 Å². The molecule has 0 bridgehead atoms. The van der Waals surface area contributed by atoms with Crippen molar-refractivity contribution in [1.29, 1.82) is 0 Å². The van der Waals surface area contributed by atoms with Crippen molar-refractivity contribution in [3.8, 4) is 0 Å². The number of nitrogens with zero attached hydrogens (tertiary/aromatic N) is 3. The van der Waals surface area contributed by atoms with Crippen LogP contribution in [0, 0.1) is 0 Å². The van der Waals surface area contributed by atoms with Gasteiger partial charge >= 0.3 is 6.09 Å². The van der Waals surface area contributed by atoms with Crippen LogP contribution in [-0.4, -0.2) is 49.8 Å². The van der Waals surface area contributed by atoms with Gasteiger partial charge in [-0.1, -0.05) is 18.2 Å². The average molecular weight is 261 g/mol. The average Bonchev–Trinajstić information content (AvgIpc) is 2.84. The van der Waals surface area contributed by atoms with Crippen LogP contribution in [-0.2, 0) is 4.74 Å². The van der Waals surface area contributed by atoms with Crippen LogP contribution in [0.25, 0.3) is 0 Å². The Morgan fingerprint density at radius 2 is 2.05 bits per heavy atom. The van der Waals surface area contributed by atoms with Gasteiger partial charge in [0.25, 0.3) is 0 Å². The van der Waals surface area contributed by atoms with Gasteiger partial charge in [0, 0.05) is 32.2 Å². The summed E-state index contributed by atoms with van der Waals surface area (Å²) in [4.78, 5) is 17.5. The summed E-state index contributed by atoms with van der Waals surface area (Å²) in [5.74, 6) is 0. The molecule has 1 aliphatic heterocycles. The fourth-order valence-electron chi connectivity index (χ4n) is 1.84. The van der Waals surface area contributed by atoms with E-state index in [1.807, 2.05) is 49.8 Å². The fourth-order valence-corrected chi connectivity index (χ4v) is 1.84. The molecule has 0 aliphatic carbocycles. The molecule has 5 heteroatoms. The van der Waals surface area contributed by atoms with E-state index in [-0.39, 0.29) is 6.09 Å². The van der Waals surface area contributed by atoms with Crippen molar-refractivity contribution in [2.75, 3.05) is 38.8 Å². The number of ether oxygens (including phenoxy) is 1. The van der Waals surface area contributed by atoms with Gasteiger partial charge in [0.15, 0.2) is 0 Å². The Morgan fingerprint density at radius 3 is 2.68 bits per heavy atom. The lowest BCUT2D eigenvalue weighted by molar-refractivity contribution is 0.141. The lowest BCUT2D eigenvalue weighted by Crippen LogP contribution is -2.31. The number of amides is 1. The predicted molar refractivity (Wildman–Crippen MR) is 74.7 cm³/mol. The van der Waals surface area contributed by atoms with E-state index in [9.17, 15) is 4.79 Å². The monoisotopic (exact) mass is 261 g/mol. The van der Waals surface area contributed by atoms with Gasteiger partial charge in [0.05, 0.1) is 13.2 Å². The minimum atomic E-state index is -0.331. The number of anilines is 1. The summed E-state index contributed by atoms with van der Waals surface area (Å²) in [5, 5.41) is 0. The minimum Gasteiger partial charge on any atom is -0.447 e. The van der Waals surface area contributed by atoms with Crippen LogP contribution in [0.1, 0.15) is 0 Å². The van der Waals surface area contributed by atoms with Gasteiger partial charge < -0.3 is 14.5 Å². The third kappa shape index (κ3) is 3.64. The molecule has 0 unspecified atom stereocenters. The Kier molecular flexibility index (Phi) is 4.28. The van der Waals surface area contributed by atoms with E-state index in [0.29, 0.717) is 13.2 Å². The second kappa shape index (κ2) is 6.13. The molecular formula is C14H19N3O2. The van der Waals surface area contributed by atoms with E-state index in [1.165, 1.54) is 4.90 Å². The molecular weight excluding hydrogens is 242 g/mol. The Bertz CT molecular complexity index is 447. The maximum Gasteiger partial charge on any atom is 0.414 e. The fraction of sp³-hybridized carbons (Fsp3) is 0.357. The van der Waals surface area contributed by atoms with Gasteiger partial charge in [-0.25, -0.2) is 4.79 Å². The Hall–Kier alpha value is -2.17. The number of rotatable bonds is 4. The molecule has 1 heterocycles. The standard InChI is InChI=1S/C14H19N3O2/c1-15-8-9-17(12-15)10-11-19-14(18)16(2)13-6-4-3-5-7-13/h3-9H,10-12H2,1-2H3. The molecule has 0 atom stereocenters. The molecule has 0 spiro atoms. The molecule has 0 saturated heterocycles. The number of hydrogen-bond donors (Lipinski definition) is 0. The first kappa shape index (κ1) is 13.3. The van der Waals surface area contributed by atoms with Gasteiger partial charge in [0.2, 0.25) is 0 Å².